The molecule has 0 spiro atoms. The third-order valence-electron chi connectivity index (χ3n) is 3.21. The van der Waals surface area contributed by atoms with Crippen LogP contribution in [0.3, 0.4) is 0 Å². The maximum atomic E-state index is 13.7. The Morgan fingerprint density at radius 3 is 2.72 bits per heavy atom. The summed E-state index contributed by atoms with van der Waals surface area (Å²) < 4.78 is 30.8. The number of hydrogen-bond acceptors (Lipinski definition) is 4. The number of halogens is 2. The molecule has 132 valence electrons. The molecule has 25 heavy (non-hydrogen) atoms. The second kappa shape index (κ2) is 9.41. The van der Waals surface area contributed by atoms with E-state index < -0.39 is 5.97 Å². The fraction of sp³-hybridized carbons (Fsp3) is 0.211. The van der Waals surface area contributed by atoms with Crippen molar-refractivity contribution in [3.05, 3.63) is 69.6 Å². The van der Waals surface area contributed by atoms with E-state index in [9.17, 15) is 9.18 Å². The number of carbonyl (C=O) groups excluding carboxylic acids is 1. The molecule has 0 aromatic heterocycles. The van der Waals surface area contributed by atoms with Gasteiger partial charge in [-0.05, 0) is 47.7 Å². The summed E-state index contributed by atoms with van der Waals surface area (Å²) >= 11 is 2.05. The van der Waals surface area contributed by atoms with Crippen LogP contribution in [0.25, 0.3) is 0 Å². The lowest BCUT2D eigenvalue weighted by Crippen LogP contribution is -2.08. The van der Waals surface area contributed by atoms with Crippen molar-refractivity contribution in [1.82, 2.24) is 0 Å². The van der Waals surface area contributed by atoms with Crippen LogP contribution < -0.4 is 9.47 Å². The van der Waals surface area contributed by atoms with E-state index in [0.29, 0.717) is 32.8 Å². The maximum absolute atomic E-state index is 13.7. The van der Waals surface area contributed by atoms with E-state index in [0.717, 1.165) is 0 Å². The lowest BCUT2D eigenvalue weighted by Gasteiger charge is -2.15. The minimum absolute atomic E-state index is 0.0585. The van der Waals surface area contributed by atoms with E-state index in [1.54, 1.807) is 30.3 Å². The van der Waals surface area contributed by atoms with Gasteiger partial charge in [0.25, 0.3) is 0 Å². The number of ether oxygens (including phenoxy) is 3. The van der Waals surface area contributed by atoms with E-state index in [2.05, 4.69) is 6.58 Å². The molecule has 0 unspecified atom stereocenters. The summed E-state index contributed by atoms with van der Waals surface area (Å²) in [6, 6.07) is 9.61. The molecule has 2 aromatic rings. The fourth-order valence-corrected chi connectivity index (χ4v) is 2.83. The minimum atomic E-state index is -0.473. The highest BCUT2D eigenvalue weighted by atomic mass is 127. The van der Waals surface area contributed by atoms with Crippen molar-refractivity contribution in [1.29, 1.82) is 0 Å². The number of benzene rings is 2. The predicted octanol–water partition coefficient (Wildman–Crippen LogP) is 4.75. The second-order valence-electron chi connectivity index (χ2n) is 4.99. The van der Waals surface area contributed by atoms with Crippen LogP contribution in [0.1, 0.15) is 22.8 Å². The summed E-state index contributed by atoms with van der Waals surface area (Å²) in [5.74, 6) is 0.0711. The summed E-state index contributed by atoms with van der Waals surface area (Å²) in [6.07, 6.45) is 1.50. The van der Waals surface area contributed by atoms with Crippen molar-refractivity contribution in [2.45, 2.75) is 13.5 Å². The molecule has 0 saturated carbocycles. The zero-order chi connectivity index (χ0) is 18.2. The molecule has 2 aromatic carbocycles. The average Bonchev–Trinajstić information content (AvgIpc) is 2.60. The van der Waals surface area contributed by atoms with Crippen LogP contribution in [-0.4, -0.2) is 19.2 Å². The largest absolute Gasteiger partial charge is 0.490 e. The van der Waals surface area contributed by atoms with Crippen LogP contribution in [0.15, 0.2) is 49.1 Å². The van der Waals surface area contributed by atoms with Gasteiger partial charge in [-0.3, -0.25) is 0 Å². The Morgan fingerprint density at radius 2 is 2.04 bits per heavy atom. The molecule has 4 nitrogen and oxygen atoms in total. The Balaban J connectivity index is 2.26. The predicted molar refractivity (Wildman–Crippen MR) is 102 cm³/mol. The van der Waals surface area contributed by atoms with Crippen molar-refractivity contribution in [3.8, 4) is 11.5 Å². The highest BCUT2D eigenvalue weighted by Gasteiger charge is 2.17. The molecule has 0 saturated heterocycles. The fourth-order valence-electron chi connectivity index (χ4n) is 2.07. The van der Waals surface area contributed by atoms with Gasteiger partial charge in [0, 0.05) is 5.56 Å². The summed E-state index contributed by atoms with van der Waals surface area (Å²) in [7, 11) is 0. The Labute approximate surface area is 159 Å². The highest BCUT2D eigenvalue weighted by molar-refractivity contribution is 14.1. The summed E-state index contributed by atoms with van der Waals surface area (Å²) in [4.78, 5) is 12.0. The molecule has 0 heterocycles. The topological polar surface area (TPSA) is 44.8 Å². The van der Waals surface area contributed by atoms with Crippen LogP contribution in [0, 0.1) is 9.39 Å². The number of esters is 1. The van der Waals surface area contributed by atoms with Crippen LogP contribution in [0.5, 0.6) is 11.5 Å². The number of hydrogen-bond donors (Lipinski definition) is 0. The first-order chi connectivity index (χ1) is 12.1. The lowest BCUT2D eigenvalue weighted by molar-refractivity contribution is 0.0549. The van der Waals surface area contributed by atoms with Crippen molar-refractivity contribution < 1.29 is 23.4 Å². The van der Waals surface area contributed by atoms with E-state index in [4.69, 9.17) is 14.2 Å². The Hall–Kier alpha value is -2.09. The van der Waals surface area contributed by atoms with Gasteiger partial charge in [-0.15, -0.1) is 0 Å². The molecule has 0 aliphatic heterocycles. The molecule has 0 bridgehead atoms. The molecular formula is C19H18FIO4. The van der Waals surface area contributed by atoms with Gasteiger partial charge < -0.3 is 14.2 Å². The Kier molecular flexibility index (Phi) is 7.24. The normalized spacial score (nSPS) is 10.2. The third kappa shape index (κ3) is 5.19. The van der Waals surface area contributed by atoms with Gasteiger partial charge in [0.15, 0.2) is 11.5 Å². The smallest absolute Gasteiger partial charge is 0.338 e. The van der Waals surface area contributed by atoms with Gasteiger partial charge >= 0.3 is 5.97 Å². The van der Waals surface area contributed by atoms with Crippen LogP contribution in [-0.2, 0) is 11.3 Å². The summed E-state index contributed by atoms with van der Waals surface area (Å²) in [5.41, 5.74) is 0.795. The van der Waals surface area contributed by atoms with Gasteiger partial charge in [-0.25, -0.2) is 9.18 Å². The Bertz CT molecular complexity index is 761. The molecule has 2 rings (SSSR count). The molecule has 0 N–H and O–H groups in total. The monoisotopic (exact) mass is 456 g/mol. The zero-order valence-electron chi connectivity index (χ0n) is 13.8. The zero-order valence-corrected chi connectivity index (χ0v) is 15.9. The quantitative estimate of drug-likeness (QED) is 0.327. The van der Waals surface area contributed by atoms with Crippen molar-refractivity contribution in [3.63, 3.8) is 0 Å². The molecule has 0 atom stereocenters. The molecule has 6 heteroatoms. The lowest BCUT2D eigenvalue weighted by atomic mass is 10.2. The van der Waals surface area contributed by atoms with Gasteiger partial charge in [-0.2, -0.15) is 0 Å². The maximum Gasteiger partial charge on any atom is 0.338 e. The molecule has 0 amide bonds. The first-order valence-corrected chi connectivity index (χ1v) is 8.75. The second-order valence-corrected chi connectivity index (χ2v) is 6.15. The molecule has 0 aliphatic carbocycles. The number of carbonyl (C=O) groups is 1. The average molecular weight is 456 g/mol. The van der Waals surface area contributed by atoms with Gasteiger partial charge in [0.2, 0.25) is 0 Å². The molecule has 0 aliphatic rings. The highest BCUT2D eigenvalue weighted by Crippen LogP contribution is 2.35. The molecule has 0 radical (unpaired) electrons. The van der Waals surface area contributed by atoms with Gasteiger partial charge in [0.1, 0.15) is 19.0 Å². The first-order valence-electron chi connectivity index (χ1n) is 7.67. The van der Waals surface area contributed by atoms with Gasteiger partial charge in [0.05, 0.1) is 15.7 Å². The van der Waals surface area contributed by atoms with Crippen molar-refractivity contribution in [2.75, 3.05) is 13.2 Å². The van der Waals surface area contributed by atoms with Crippen molar-refractivity contribution in [2.24, 2.45) is 0 Å². The van der Waals surface area contributed by atoms with E-state index in [1.165, 1.54) is 12.1 Å². The van der Waals surface area contributed by atoms with E-state index >= 15 is 0 Å². The standard InChI is InChI=1S/C19H18FIO4/c1-3-9-24-19(22)14-10-16(21)18(17(11-14)23-4-2)25-12-13-7-5-6-8-15(13)20/h3,5-8,10-11H,1,4,9,12H2,2H3. The van der Waals surface area contributed by atoms with Crippen molar-refractivity contribution >= 4 is 28.6 Å². The van der Waals surface area contributed by atoms with Gasteiger partial charge in [-0.1, -0.05) is 30.9 Å². The minimum Gasteiger partial charge on any atom is -0.490 e. The summed E-state index contributed by atoms with van der Waals surface area (Å²) in [6.45, 7) is 5.93. The molecule has 0 fully saturated rings. The van der Waals surface area contributed by atoms with E-state index in [1.807, 2.05) is 29.5 Å². The van der Waals surface area contributed by atoms with Crippen LogP contribution >= 0.6 is 22.6 Å². The van der Waals surface area contributed by atoms with Crippen LogP contribution in [0.2, 0.25) is 0 Å². The summed E-state index contributed by atoms with van der Waals surface area (Å²) in [5, 5.41) is 0. The molecular weight excluding hydrogens is 438 g/mol. The first kappa shape index (κ1) is 19.2. The Morgan fingerprint density at radius 1 is 1.28 bits per heavy atom. The SMILES string of the molecule is C=CCOC(=O)c1cc(I)c(OCc2ccccc2F)c(OCC)c1. The van der Waals surface area contributed by atoms with Crippen LogP contribution in [0.4, 0.5) is 4.39 Å². The van der Waals surface area contributed by atoms with E-state index in [-0.39, 0.29) is 19.0 Å². The number of rotatable bonds is 8. The third-order valence-corrected chi connectivity index (χ3v) is 4.01.